The van der Waals surface area contributed by atoms with Crippen molar-refractivity contribution < 1.29 is 27.8 Å². The Kier molecular flexibility index (Phi) is 8.79. The van der Waals surface area contributed by atoms with Crippen molar-refractivity contribution in [2.75, 3.05) is 39.9 Å². The largest absolute Gasteiger partial charge is 0.497 e. The van der Waals surface area contributed by atoms with Gasteiger partial charge in [0.25, 0.3) is 0 Å². The zero-order chi connectivity index (χ0) is 28.9. The minimum atomic E-state index is -3.68. The van der Waals surface area contributed by atoms with Gasteiger partial charge in [-0.3, -0.25) is 4.79 Å². The van der Waals surface area contributed by atoms with Gasteiger partial charge in [0.15, 0.2) is 0 Å². The van der Waals surface area contributed by atoms with Crippen molar-refractivity contribution >= 4 is 15.9 Å². The summed E-state index contributed by atoms with van der Waals surface area (Å²) < 4.78 is 39.7. The summed E-state index contributed by atoms with van der Waals surface area (Å²) in [6.07, 6.45) is 2.44. The Morgan fingerprint density at radius 3 is 2.00 bits per heavy atom. The van der Waals surface area contributed by atoms with E-state index in [-0.39, 0.29) is 30.5 Å². The highest BCUT2D eigenvalue weighted by atomic mass is 32.2. The Hall–Kier alpha value is -3.24. The van der Waals surface area contributed by atoms with Gasteiger partial charge in [-0.05, 0) is 61.1 Å². The Morgan fingerprint density at radius 2 is 1.41 bits per heavy atom. The Balaban J connectivity index is 1.22. The molecule has 2 aliphatic rings. The van der Waals surface area contributed by atoms with Crippen LogP contribution in [0.1, 0.15) is 36.8 Å². The van der Waals surface area contributed by atoms with Crippen molar-refractivity contribution in [3.05, 3.63) is 96.1 Å². The monoisotopic (exact) mass is 578 g/mol. The van der Waals surface area contributed by atoms with Gasteiger partial charge in [0.2, 0.25) is 15.9 Å². The average molecular weight is 579 g/mol. The molecular formula is C32H38N2O6S. The highest BCUT2D eigenvalue weighted by molar-refractivity contribution is 7.89. The highest BCUT2D eigenvalue weighted by Gasteiger charge is 2.42. The van der Waals surface area contributed by atoms with Crippen LogP contribution >= 0.6 is 0 Å². The number of aliphatic hydroxyl groups is 1. The highest BCUT2D eigenvalue weighted by Crippen LogP contribution is 2.38. The molecule has 0 atom stereocenters. The molecular weight excluding hydrogens is 540 g/mol. The fourth-order valence-corrected chi connectivity index (χ4v) is 7.30. The van der Waals surface area contributed by atoms with Gasteiger partial charge < -0.3 is 19.5 Å². The van der Waals surface area contributed by atoms with Crippen LogP contribution in [0.5, 0.6) is 5.75 Å². The number of benzene rings is 3. The number of rotatable bonds is 9. The first-order chi connectivity index (χ1) is 19.7. The average Bonchev–Trinajstić information content (AvgIpc) is 3.01. The van der Waals surface area contributed by atoms with E-state index in [1.165, 1.54) is 4.31 Å². The summed E-state index contributed by atoms with van der Waals surface area (Å²) in [5.41, 5.74) is 0.424. The minimum absolute atomic E-state index is 0.1000. The molecule has 3 aromatic rings. The maximum absolute atomic E-state index is 13.3. The second-order valence-corrected chi connectivity index (χ2v) is 12.9. The molecule has 3 aromatic carbocycles. The molecule has 1 amide bonds. The van der Waals surface area contributed by atoms with Crippen LogP contribution in [0.4, 0.5) is 0 Å². The first kappa shape index (κ1) is 29.3. The Labute approximate surface area is 242 Å². The van der Waals surface area contributed by atoms with Crippen LogP contribution in [0.25, 0.3) is 0 Å². The molecule has 0 radical (unpaired) electrons. The van der Waals surface area contributed by atoms with Gasteiger partial charge in [-0.2, -0.15) is 4.31 Å². The summed E-state index contributed by atoms with van der Waals surface area (Å²) in [4.78, 5) is 15.2. The van der Waals surface area contributed by atoms with Gasteiger partial charge in [-0.15, -0.1) is 0 Å². The molecule has 2 aliphatic heterocycles. The van der Waals surface area contributed by atoms with Crippen molar-refractivity contribution in [2.24, 2.45) is 0 Å². The SMILES string of the molecule is COc1ccc(S(=O)(=O)N2CCC(OCC(=O)N3CCC(O)(Cc4ccccc4)CC3)(c3ccccc3)CC2)cc1. The minimum Gasteiger partial charge on any atom is -0.497 e. The molecule has 0 unspecified atom stereocenters. The molecule has 8 nitrogen and oxygen atoms in total. The molecule has 41 heavy (non-hydrogen) atoms. The van der Waals surface area contributed by atoms with Crippen molar-refractivity contribution in [3.63, 3.8) is 0 Å². The molecule has 218 valence electrons. The molecule has 9 heteroatoms. The van der Waals surface area contributed by atoms with Gasteiger partial charge in [0.05, 0.1) is 23.2 Å². The number of amides is 1. The van der Waals surface area contributed by atoms with Gasteiger partial charge in [0.1, 0.15) is 12.4 Å². The first-order valence-electron chi connectivity index (χ1n) is 14.1. The molecule has 2 fully saturated rings. The number of piperidine rings is 2. The van der Waals surface area contributed by atoms with Gasteiger partial charge in [0, 0.05) is 32.6 Å². The maximum Gasteiger partial charge on any atom is 0.248 e. The summed E-state index contributed by atoms with van der Waals surface area (Å²) >= 11 is 0. The predicted molar refractivity (Wildman–Crippen MR) is 156 cm³/mol. The number of likely N-dealkylation sites (tertiary alicyclic amines) is 1. The lowest BCUT2D eigenvalue weighted by atomic mass is 9.84. The number of nitrogens with zero attached hydrogens (tertiary/aromatic N) is 2. The molecule has 0 aromatic heterocycles. The molecule has 1 N–H and O–H groups in total. The van der Waals surface area contributed by atoms with Gasteiger partial charge in [-0.25, -0.2) is 8.42 Å². The van der Waals surface area contributed by atoms with E-state index in [1.807, 2.05) is 60.7 Å². The summed E-state index contributed by atoms with van der Waals surface area (Å²) in [5.74, 6) is 0.480. The second-order valence-electron chi connectivity index (χ2n) is 11.0. The van der Waals surface area contributed by atoms with Crippen LogP contribution in [0.3, 0.4) is 0 Å². The van der Waals surface area contributed by atoms with E-state index in [1.54, 1.807) is 36.3 Å². The second kappa shape index (κ2) is 12.3. The van der Waals surface area contributed by atoms with E-state index in [0.717, 1.165) is 11.1 Å². The number of sulfonamides is 1. The maximum atomic E-state index is 13.3. The Bertz CT molecular complexity index is 1400. The van der Waals surface area contributed by atoms with E-state index < -0.39 is 21.2 Å². The van der Waals surface area contributed by atoms with E-state index >= 15 is 0 Å². The molecule has 0 bridgehead atoms. The normalized spacial score (nSPS) is 19.0. The first-order valence-corrected chi connectivity index (χ1v) is 15.5. The lowest BCUT2D eigenvalue weighted by Gasteiger charge is -2.42. The quantitative estimate of drug-likeness (QED) is 0.413. The molecule has 2 saturated heterocycles. The summed E-state index contributed by atoms with van der Waals surface area (Å²) in [7, 11) is -2.14. The molecule has 0 spiro atoms. The topological polar surface area (TPSA) is 96.4 Å². The predicted octanol–water partition coefficient (Wildman–Crippen LogP) is 3.99. The summed E-state index contributed by atoms with van der Waals surface area (Å²) in [5, 5.41) is 11.1. The number of methoxy groups -OCH3 is 1. The zero-order valence-corrected chi connectivity index (χ0v) is 24.3. The third kappa shape index (κ3) is 6.64. The molecule has 5 rings (SSSR count). The lowest BCUT2D eigenvalue weighted by Crippen LogP contribution is -2.50. The van der Waals surface area contributed by atoms with Crippen molar-refractivity contribution in [3.8, 4) is 5.75 Å². The van der Waals surface area contributed by atoms with Gasteiger partial charge in [-0.1, -0.05) is 60.7 Å². The number of carbonyl (C=O) groups excluding carboxylic acids is 1. The standard InChI is InChI=1S/C32H38N2O6S/c1-39-28-12-14-29(15-13-28)41(37,38)34-22-18-32(19-23-34,27-10-6-3-7-11-27)40-25-30(35)33-20-16-31(36,17-21-33)24-26-8-4-2-5-9-26/h2-15,36H,16-25H2,1H3. The van der Waals surface area contributed by atoms with Gasteiger partial charge >= 0.3 is 0 Å². The number of hydrogen-bond acceptors (Lipinski definition) is 6. The van der Waals surface area contributed by atoms with Crippen LogP contribution in [-0.2, 0) is 31.6 Å². The van der Waals surface area contributed by atoms with E-state index in [2.05, 4.69) is 0 Å². The molecule has 0 saturated carbocycles. The third-order valence-electron chi connectivity index (χ3n) is 8.42. The third-order valence-corrected chi connectivity index (χ3v) is 10.3. The van der Waals surface area contributed by atoms with Crippen LogP contribution in [0.2, 0.25) is 0 Å². The van der Waals surface area contributed by atoms with E-state index in [9.17, 15) is 18.3 Å². The zero-order valence-electron chi connectivity index (χ0n) is 23.4. The number of hydrogen-bond donors (Lipinski definition) is 1. The van der Waals surface area contributed by atoms with Crippen LogP contribution in [-0.4, -0.2) is 74.1 Å². The van der Waals surface area contributed by atoms with Crippen LogP contribution in [0, 0.1) is 0 Å². The lowest BCUT2D eigenvalue weighted by molar-refractivity contribution is -0.151. The van der Waals surface area contributed by atoms with Crippen molar-refractivity contribution in [1.82, 2.24) is 9.21 Å². The van der Waals surface area contributed by atoms with Crippen LogP contribution in [0.15, 0.2) is 89.8 Å². The summed E-state index contributed by atoms with van der Waals surface area (Å²) in [6.45, 7) is 1.38. The fourth-order valence-electron chi connectivity index (χ4n) is 5.86. The summed E-state index contributed by atoms with van der Waals surface area (Å²) in [6, 6.07) is 26.1. The smallest absolute Gasteiger partial charge is 0.248 e. The van der Waals surface area contributed by atoms with E-state index in [0.29, 0.717) is 50.9 Å². The molecule has 2 heterocycles. The number of ether oxygens (including phenoxy) is 2. The fraction of sp³-hybridized carbons (Fsp3) is 0.406. The molecule has 0 aliphatic carbocycles. The van der Waals surface area contributed by atoms with E-state index in [4.69, 9.17) is 9.47 Å². The van der Waals surface area contributed by atoms with Crippen molar-refractivity contribution in [1.29, 1.82) is 0 Å². The number of carbonyl (C=O) groups is 1. The van der Waals surface area contributed by atoms with Crippen molar-refractivity contribution in [2.45, 2.75) is 48.2 Å². The van der Waals surface area contributed by atoms with Crippen LogP contribution < -0.4 is 4.74 Å². The Morgan fingerprint density at radius 1 is 0.829 bits per heavy atom.